The van der Waals surface area contributed by atoms with E-state index in [1.807, 2.05) is 50.2 Å². The first-order chi connectivity index (χ1) is 12.8. The van der Waals surface area contributed by atoms with Crippen LogP contribution in [0.25, 0.3) is 0 Å². The largest absolute Gasteiger partial charge is 0.375 e. The van der Waals surface area contributed by atoms with Gasteiger partial charge in [-0.3, -0.25) is 4.99 Å². The SMILES string of the molecule is CN=C(NCC(C)(C)c1ccccc1F)N(C)Cc1csc(C(C)OC)n1.I. The maximum absolute atomic E-state index is 14.1. The summed E-state index contributed by atoms with van der Waals surface area (Å²) in [5.74, 6) is 0.559. The van der Waals surface area contributed by atoms with Gasteiger partial charge in [0.1, 0.15) is 16.9 Å². The van der Waals surface area contributed by atoms with Crippen molar-refractivity contribution >= 4 is 41.3 Å². The molecule has 1 heterocycles. The van der Waals surface area contributed by atoms with Crippen molar-refractivity contribution in [3.63, 3.8) is 0 Å². The van der Waals surface area contributed by atoms with E-state index in [2.05, 4.69) is 15.3 Å². The number of aromatic nitrogens is 1. The fraction of sp³-hybridized carbons (Fsp3) is 0.500. The highest BCUT2D eigenvalue weighted by atomic mass is 127. The first-order valence-electron chi connectivity index (χ1n) is 8.92. The second-order valence-electron chi connectivity index (χ2n) is 7.18. The van der Waals surface area contributed by atoms with Crippen molar-refractivity contribution in [2.24, 2.45) is 4.99 Å². The van der Waals surface area contributed by atoms with Crippen molar-refractivity contribution in [1.82, 2.24) is 15.2 Å². The molecule has 1 aromatic carbocycles. The molecule has 156 valence electrons. The summed E-state index contributed by atoms with van der Waals surface area (Å²) < 4.78 is 19.5. The lowest BCUT2D eigenvalue weighted by Crippen LogP contribution is -2.44. The zero-order chi connectivity index (χ0) is 20.0. The summed E-state index contributed by atoms with van der Waals surface area (Å²) >= 11 is 1.60. The highest BCUT2D eigenvalue weighted by molar-refractivity contribution is 14.0. The molecule has 0 bridgehead atoms. The van der Waals surface area contributed by atoms with Gasteiger partial charge in [-0.1, -0.05) is 32.0 Å². The monoisotopic (exact) mass is 520 g/mol. The number of aliphatic imine (C=N–C) groups is 1. The van der Waals surface area contributed by atoms with Gasteiger partial charge in [0.25, 0.3) is 0 Å². The molecule has 1 N–H and O–H groups in total. The van der Waals surface area contributed by atoms with Gasteiger partial charge < -0.3 is 15.0 Å². The van der Waals surface area contributed by atoms with Crippen LogP contribution >= 0.6 is 35.3 Å². The Morgan fingerprint density at radius 2 is 2.07 bits per heavy atom. The van der Waals surface area contributed by atoms with Crippen LogP contribution in [0, 0.1) is 5.82 Å². The molecular weight excluding hydrogens is 490 g/mol. The Bertz CT molecular complexity index is 781. The molecule has 0 fully saturated rings. The topological polar surface area (TPSA) is 49.8 Å². The number of ether oxygens (including phenoxy) is 1. The Morgan fingerprint density at radius 1 is 1.39 bits per heavy atom. The number of hydrogen-bond acceptors (Lipinski definition) is 4. The average Bonchev–Trinajstić information content (AvgIpc) is 3.10. The smallest absolute Gasteiger partial charge is 0.193 e. The van der Waals surface area contributed by atoms with Gasteiger partial charge in [0, 0.05) is 38.5 Å². The van der Waals surface area contributed by atoms with Crippen LogP contribution in [0.1, 0.15) is 43.1 Å². The van der Waals surface area contributed by atoms with Crippen molar-refractivity contribution in [1.29, 1.82) is 0 Å². The van der Waals surface area contributed by atoms with E-state index < -0.39 is 0 Å². The van der Waals surface area contributed by atoms with Crippen molar-refractivity contribution in [3.05, 3.63) is 51.7 Å². The molecule has 0 spiro atoms. The third-order valence-electron chi connectivity index (χ3n) is 4.53. The third kappa shape index (κ3) is 6.38. The molecule has 0 aliphatic rings. The molecule has 2 rings (SSSR count). The minimum atomic E-state index is -0.371. The second kappa shape index (κ2) is 11.1. The van der Waals surface area contributed by atoms with Crippen molar-refractivity contribution < 1.29 is 9.13 Å². The molecule has 2 aromatic rings. The predicted octanol–water partition coefficient (Wildman–Crippen LogP) is 4.59. The van der Waals surface area contributed by atoms with Crippen LogP contribution in [0.15, 0.2) is 34.6 Å². The lowest BCUT2D eigenvalue weighted by atomic mass is 9.84. The van der Waals surface area contributed by atoms with Crippen molar-refractivity contribution in [3.8, 4) is 0 Å². The Labute approximate surface area is 188 Å². The van der Waals surface area contributed by atoms with Crippen LogP contribution in [0.3, 0.4) is 0 Å². The molecule has 5 nitrogen and oxygen atoms in total. The molecule has 1 atom stereocenters. The highest BCUT2D eigenvalue weighted by Crippen LogP contribution is 2.25. The van der Waals surface area contributed by atoms with E-state index in [9.17, 15) is 4.39 Å². The molecule has 28 heavy (non-hydrogen) atoms. The van der Waals surface area contributed by atoms with Crippen molar-refractivity contribution in [2.75, 3.05) is 27.7 Å². The summed E-state index contributed by atoms with van der Waals surface area (Å²) in [4.78, 5) is 11.0. The lowest BCUT2D eigenvalue weighted by molar-refractivity contribution is 0.119. The number of rotatable bonds is 7. The van der Waals surface area contributed by atoms with Crippen molar-refractivity contribution in [2.45, 2.75) is 38.8 Å². The lowest BCUT2D eigenvalue weighted by Gasteiger charge is -2.29. The molecule has 1 unspecified atom stereocenters. The van der Waals surface area contributed by atoms with E-state index in [0.29, 0.717) is 18.7 Å². The molecular formula is C20H30FIN4OS. The highest BCUT2D eigenvalue weighted by Gasteiger charge is 2.24. The first-order valence-corrected chi connectivity index (χ1v) is 9.80. The van der Waals surface area contributed by atoms with Gasteiger partial charge in [-0.15, -0.1) is 35.3 Å². The fourth-order valence-corrected chi connectivity index (χ4v) is 3.63. The summed E-state index contributed by atoms with van der Waals surface area (Å²) in [6.07, 6.45) is -0.00642. The summed E-state index contributed by atoms with van der Waals surface area (Å²) in [6.45, 7) is 7.22. The minimum Gasteiger partial charge on any atom is -0.375 e. The maximum atomic E-state index is 14.1. The fourth-order valence-electron chi connectivity index (χ4n) is 2.79. The Morgan fingerprint density at radius 3 is 2.68 bits per heavy atom. The van der Waals surface area contributed by atoms with Gasteiger partial charge in [-0.2, -0.15) is 0 Å². The van der Waals surface area contributed by atoms with E-state index in [-0.39, 0.29) is 41.3 Å². The van der Waals surface area contributed by atoms with Crippen LogP contribution in [0.4, 0.5) is 4.39 Å². The van der Waals surface area contributed by atoms with E-state index in [0.717, 1.165) is 16.7 Å². The van der Waals surface area contributed by atoms with Gasteiger partial charge in [0.2, 0.25) is 0 Å². The summed E-state index contributed by atoms with van der Waals surface area (Å²) in [5, 5.41) is 6.36. The molecule has 0 amide bonds. The van der Waals surface area contributed by atoms with E-state index in [1.54, 1.807) is 31.6 Å². The number of guanidine groups is 1. The van der Waals surface area contributed by atoms with Crippen LogP contribution in [-0.4, -0.2) is 43.6 Å². The first kappa shape index (κ1) is 24.8. The molecule has 1 aromatic heterocycles. The molecule has 8 heteroatoms. The minimum absolute atomic E-state index is 0. The number of hydrogen-bond donors (Lipinski definition) is 1. The van der Waals surface area contributed by atoms with Gasteiger partial charge >= 0.3 is 0 Å². The average molecular weight is 520 g/mol. The molecule has 0 aliphatic heterocycles. The number of thiazole rings is 1. The van der Waals surface area contributed by atoms with Crippen LogP contribution in [0.2, 0.25) is 0 Å². The zero-order valence-corrected chi connectivity index (χ0v) is 20.5. The molecule has 0 saturated carbocycles. The number of halogens is 2. The molecule has 0 aliphatic carbocycles. The maximum Gasteiger partial charge on any atom is 0.193 e. The number of nitrogens with zero attached hydrogens (tertiary/aromatic N) is 3. The normalized spacial score (nSPS) is 13.0. The predicted molar refractivity (Wildman–Crippen MR) is 125 cm³/mol. The summed E-state index contributed by atoms with van der Waals surface area (Å²) in [5.41, 5.74) is 1.29. The Balaban J connectivity index is 0.00000392. The molecule has 0 saturated heterocycles. The third-order valence-corrected chi connectivity index (χ3v) is 5.59. The number of methoxy groups -OCH3 is 1. The summed E-state index contributed by atoms with van der Waals surface area (Å²) in [7, 11) is 5.39. The second-order valence-corrected chi connectivity index (χ2v) is 8.07. The quantitative estimate of drug-likeness (QED) is 0.330. The van der Waals surface area contributed by atoms with E-state index in [1.165, 1.54) is 6.07 Å². The number of benzene rings is 1. The van der Waals surface area contributed by atoms with Gasteiger partial charge in [-0.05, 0) is 18.6 Å². The molecule has 0 radical (unpaired) electrons. The number of nitrogens with one attached hydrogen (secondary N) is 1. The van der Waals surface area contributed by atoms with Crippen LogP contribution in [0.5, 0.6) is 0 Å². The summed E-state index contributed by atoms with van der Waals surface area (Å²) in [6, 6.07) is 6.90. The zero-order valence-electron chi connectivity index (χ0n) is 17.3. The Hall–Kier alpha value is -1.26. The van der Waals surface area contributed by atoms with E-state index in [4.69, 9.17) is 4.74 Å². The van der Waals surface area contributed by atoms with Gasteiger partial charge in [0.15, 0.2) is 5.96 Å². The van der Waals surface area contributed by atoms with Crippen LogP contribution in [-0.2, 0) is 16.7 Å². The Kier molecular flexibility index (Phi) is 9.79. The standard InChI is InChI=1S/C20H29FN4OS.HI/c1-14(26-6)18-24-15(12-27-18)11-25(5)19(22-4)23-13-20(2,3)16-9-7-8-10-17(16)21;/h7-10,12,14H,11,13H2,1-6H3,(H,22,23);1H. The van der Waals surface area contributed by atoms with Gasteiger partial charge in [0.05, 0.1) is 12.2 Å². The van der Waals surface area contributed by atoms with Crippen LogP contribution < -0.4 is 5.32 Å². The van der Waals surface area contributed by atoms with Gasteiger partial charge in [-0.25, -0.2) is 9.37 Å². The van der Waals surface area contributed by atoms with E-state index >= 15 is 0 Å².